The van der Waals surface area contributed by atoms with Crippen molar-refractivity contribution in [1.82, 2.24) is 4.90 Å². The van der Waals surface area contributed by atoms with Gasteiger partial charge in [0, 0.05) is 25.3 Å². The molecular weight excluding hydrogens is 324 g/mol. The lowest BCUT2D eigenvalue weighted by molar-refractivity contribution is -0.113. The first-order valence-electron chi connectivity index (χ1n) is 8.49. The van der Waals surface area contributed by atoms with Crippen LogP contribution in [0.15, 0.2) is 18.2 Å². The predicted octanol–water partition coefficient (Wildman–Crippen LogP) is 2.67. The summed E-state index contributed by atoms with van der Waals surface area (Å²) >= 11 is 0. The minimum Gasteiger partial charge on any atom is -0.325 e. The zero-order chi connectivity index (χ0) is 17.9. The standard InChI is InChI=1S/C18H28N2O3S/c1-13(2)8-20-9-15-6-5-7-17(16(15)10-20)19-18(21)12-24(22,23)11-14(3)4/h5-7,13-14H,8-12H2,1-4H3,(H,19,21). The maximum atomic E-state index is 12.2. The van der Waals surface area contributed by atoms with Crippen LogP contribution in [0.5, 0.6) is 0 Å². The average Bonchev–Trinajstić information content (AvgIpc) is 2.78. The maximum absolute atomic E-state index is 12.2. The number of amides is 1. The van der Waals surface area contributed by atoms with Crippen LogP contribution in [-0.4, -0.2) is 37.3 Å². The summed E-state index contributed by atoms with van der Waals surface area (Å²) in [4.78, 5) is 14.5. The molecular formula is C18H28N2O3S. The van der Waals surface area contributed by atoms with Crippen LogP contribution in [0.4, 0.5) is 5.69 Å². The minimum atomic E-state index is -3.36. The molecule has 134 valence electrons. The van der Waals surface area contributed by atoms with Crippen LogP contribution >= 0.6 is 0 Å². The normalized spacial score (nSPS) is 15.1. The van der Waals surface area contributed by atoms with Crippen molar-refractivity contribution in [3.05, 3.63) is 29.3 Å². The highest BCUT2D eigenvalue weighted by Gasteiger charge is 2.24. The van der Waals surface area contributed by atoms with Crippen LogP contribution in [0.25, 0.3) is 0 Å². The van der Waals surface area contributed by atoms with Crippen LogP contribution in [0.1, 0.15) is 38.8 Å². The summed E-state index contributed by atoms with van der Waals surface area (Å²) in [6.45, 7) is 10.7. The van der Waals surface area contributed by atoms with Gasteiger partial charge in [-0.2, -0.15) is 0 Å². The van der Waals surface area contributed by atoms with Gasteiger partial charge in [-0.1, -0.05) is 39.8 Å². The lowest BCUT2D eigenvalue weighted by atomic mass is 10.1. The molecule has 0 radical (unpaired) electrons. The highest BCUT2D eigenvalue weighted by atomic mass is 32.2. The molecule has 1 amide bonds. The van der Waals surface area contributed by atoms with Gasteiger partial charge in [0.15, 0.2) is 9.84 Å². The molecule has 0 saturated heterocycles. The summed E-state index contributed by atoms with van der Waals surface area (Å²) in [5, 5.41) is 2.80. The van der Waals surface area contributed by atoms with Crippen molar-refractivity contribution in [2.45, 2.75) is 40.8 Å². The Morgan fingerprint density at radius 1 is 1.17 bits per heavy atom. The predicted molar refractivity (Wildman–Crippen MR) is 97.5 cm³/mol. The number of rotatable bonds is 7. The van der Waals surface area contributed by atoms with Gasteiger partial charge < -0.3 is 5.32 Å². The van der Waals surface area contributed by atoms with Crippen LogP contribution in [-0.2, 0) is 27.7 Å². The highest BCUT2D eigenvalue weighted by molar-refractivity contribution is 7.92. The van der Waals surface area contributed by atoms with E-state index in [0.717, 1.165) is 30.9 Å². The summed E-state index contributed by atoms with van der Waals surface area (Å²) in [6.07, 6.45) is 0. The van der Waals surface area contributed by atoms with Crippen LogP contribution in [0.3, 0.4) is 0 Å². The third kappa shape index (κ3) is 5.31. The second kappa shape index (κ2) is 7.66. The van der Waals surface area contributed by atoms with Gasteiger partial charge in [-0.3, -0.25) is 9.69 Å². The van der Waals surface area contributed by atoms with Crippen LogP contribution in [0.2, 0.25) is 0 Å². The maximum Gasteiger partial charge on any atom is 0.239 e. The van der Waals surface area contributed by atoms with Crippen molar-refractivity contribution in [3.63, 3.8) is 0 Å². The highest BCUT2D eigenvalue weighted by Crippen LogP contribution is 2.29. The van der Waals surface area contributed by atoms with E-state index in [9.17, 15) is 13.2 Å². The molecule has 24 heavy (non-hydrogen) atoms. The Morgan fingerprint density at radius 3 is 2.50 bits per heavy atom. The molecule has 0 saturated carbocycles. The molecule has 6 heteroatoms. The molecule has 0 aromatic heterocycles. The second-order valence-electron chi connectivity index (χ2n) is 7.50. The third-order valence-electron chi connectivity index (χ3n) is 3.88. The molecule has 5 nitrogen and oxygen atoms in total. The Kier molecular flexibility index (Phi) is 6.04. The molecule has 0 aliphatic carbocycles. The molecule has 0 bridgehead atoms. The van der Waals surface area contributed by atoms with Crippen LogP contribution in [0, 0.1) is 11.8 Å². The van der Waals surface area contributed by atoms with E-state index in [1.807, 2.05) is 26.0 Å². The van der Waals surface area contributed by atoms with E-state index in [0.29, 0.717) is 5.92 Å². The Hall–Kier alpha value is -1.40. The van der Waals surface area contributed by atoms with E-state index in [1.54, 1.807) is 0 Å². The first kappa shape index (κ1) is 18.9. The lowest BCUT2D eigenvalue weighted by Gasteiger charge is -2.17. The molecule has 2 rings (SSSR count). The largest absolute Gasteiger partial charge is 0.325 e. The zero-order valence-electron chi connectivity index (χ0n) is 15.0. The first-order valence-corrected chi connectivity index (χ1v) is 10.3. The van der Waals surface area contributed by atoms with Gasteiger partial charge in [-0.25, -0.2) is 8.42 Å². The van der Waals surface area contributed by atoms with Crippen molar-refractivity contribution < 1.29 is 13.2 Å². The Labute approximate surface area is 145 Å². The molecule has 0 unspecified atom stereocenters. The summed E-state index contributed by atoms with van der Waals surface area (Å²) in [5.41, 5.74) is 3.05. The smallest absolute Gasteiger partial charge is 0.239 e. The quantitative estimate of drug-likeness (QED) is 0.819. The fourth-order valence-electron chi connectivity index (χ4n) is 3.21. The first-order chi connectivity index (χ1) is 11.2. The van der Waals surface area contributed by atoms with Gasteiger partial charge >= 0.3 is 0 Å². The lowest BCUT2D eigenvalue weighted by Crippen LogP contribution is -2.26. The second-order valence-corrected chi connectivity index (χ2v) is 9.61. The monoisotopic (exact) mass is 352 g/mol. The van der Waals surface area contributed by atoms with Gasteiger partial charge in [0.25, 0.3) is 0 Å². The van der Waals surface area contributed by atoms with Crippen molar-refractivity contribution in [2.24, 2.45) is 11.8 Å². The number of benzene rings is 1. The molecule has 0 spiro atoms. The number of carbonyl (C=O) groups excluding carboxylic acids is 1. The molecule has 1 N–H and O–H groups in total. The van der Waals surface area contributed by atoms with Gasteiger partial charge in [0.2, 0.25) is 5.91 Å². The van der Waals surface area contributed by atoms with Crippen molar-refractivity contribution in [2.75, 3.05) is 23.4 Å². The number of fused-ring (bicyclic) bond motifs is 1. The number of nitrogens with one attached hydrogen (secondary N) is 1. The minimum absolute atomic E-state index is 0.0216. The number of sulfone groups is 1. The SMILES string of the molecule is CC(C)CN1Cc2cccc(NC(=O)CS(=O)(=O)CC(C)C)c2C1. The van der Waals surface area contributed by atoms with E-state index >= 15 is 0 Å². The number of hydrogen-bond donors (Lipinski definition) is 1. The third-order valence-corrected chi connectivity index (χ3v) is 5.76. The molecule has 1 aromatic rings. The topological polar surface area (TPSA) is 66.5 Å². The van der Waals surface area contributed by atoms with Crippen molar-refractivity contribution >= 4 is 21.4 Å². The summed E-state index contributed by atoms with van der Waals surface area (Å²) in [7, 11) is -3.36. The molecule has 1 aromatic carbocycles. The van der Waals surface area contributed by atoms with E-state index in [4.69, 9.17) is 0 Å². The van der Waals surface area contributed by atoms with E-state index in [1.165, 1.54) is 5.56 Å². The molecule has 0 atom stereocenters. The molecule has 1 aliphatic rings. The Balaban J connectivity index is 2.05. The van der Waals surface area contributed by atoms with Gasteiger partial charge in [-0.15, -0.1) is 0 Å². The van der Waals surface area contributed by atoms with Crippen LogP contribution < -0.4 is 5.32 Å². The fraction of sp³-hybridized carbons (Fsp3) is 0.611. The van der Waals surface area contributed by atoms with Gasteiger partial charge in [0.1, 0.15) is 5.75 Å². The number of anilines is 1. The van der Waals surface area contributed by atoms with E-state index in [-0.39, 0.29) is 11.7 Å². The van der Waals surface area contributed by atoms with Gasteiger partial charge in [-0.05, 0) is 29.0 Å². The fourth-order valence-corrected chi connectivity index (χ4v) is 4.81. The van der Waals surface area contributed by atoms with E-state index in [2.05, 4.69) is 30.1 Å². The molecule has 1 aliphatic heterocycles. The zero-order valence-corrected chi connectivity index (χ0v) is 15.8. The molecule has 0 fully saturated rings. The Morgan fingerprint density at radius 2 is 1.88 bits per heavy atom. The Bertz CT molecular complexity index is 696. The summed E-state index contributed by atoms with van der Waals surface area (Å²) < 4.78 is 24.0. The van der Waals surface area contributed by atoms with Gasteiger partial charge in [0.05, 0.1) is 5.75 Å². The average molecular weight is 353 g/mol. The number of nitrogens with zero attached hydrogens (tertiary/aromatic N) is 1. The number of carbonyl (C=O) groups is 1. The van der Waals surface area contributed by atoms with Crippen molar-refractivity contribution in [1.29, 1.82) is 0 Å². The number of hydrogen-bond acceptors (Lipinski definition) is 4. The summed E-state index contributed by atoms with van der Waals surface area (Å²) in [5.74, 6) is -0.265. The summed E-state index contributed by atoms with van der Waals surface area (Å²) in [6, 6.07) is 5.83. The molecule has 1 heterocycles. The van der Waals surface area contributed by atoms with Crippen molar-refractivity contribution in [3.8, 4) is 0 Å². The van der Waals surface area contributed by atoms with E-state index < -0.39 is 21.5 Å².